The van der Waals surface area contributed by atoms with Gasteiger partial charge in [0.05, 0.1) is 17.0 Å². The van der Waals surface area contributed by atoms with Crippen molar-refractivity contribution in [3.8, 4) is 9.88 Å². The minimum Gasteiger partial charge on any atom is -0.354 e. The number of aromatic nitrogens is 1. The number of hydrogen-bond acceptors (Lipinski definition) is 5. The van der Waals surface area contributed by atoms with Gasteiger partial charge in [-0.3, -0.25) is 9.59 Å². The van der Waals surface area contributed by atoms with Gasteiger partial charge < -0.3 is 10.6 Å². The predicted molar refractivity (Wildman–Crippen MR) is 109 cm³/mol. The van der Waals surface area contributed by atoms with Crippen LogP contribution in [0, 0.1) is 0 Å². The molecular weight excluding hydrogens is 434 g/mol. The van der Waals surface area contributed by atoms with Crippen LogP contribution in [0.25, 0.3) is 9.88 Å². The standard InChI is InChI=1S/C18H16BrN3O2S2/c19-13-8-15(25-10-13)18-22-14(11-26-18)9-16(23)20-6-7-21-17(24)12-4-2-1-3-5-12/h1-5,8,10-11H,6-7,9H2,(H,20,23)(H,21,24). The lowest BCUT2D eigenvalue weighted by molar-refractivity contribution is -0.120. The number of rotatable bonds is 7. The number of benzene rings is 1. The third-order valence-electron chi connectivity index (χ3n) is 3.44. The summed E-state index contributed by atoms with van der Waals surface area (Å²) in [5, 5.41) is 10.4. The summed E-state index contributed by atoms with van der Waals surface area (Å²) in [6, 6.07) is 11.0. The summed E-state index contributed by atoms with van der Waals surface area (Å²) < 4.78 is 1.03. The van der Waals surface area contributed by atoms with Crippen LogP contribution in [0.2, 0.25) is 0 Å². The van der Waals surface area contributed by atoms with Gasteiger partial charge in [-0.2, -0.15) is 0 Å². The SMILES string of the molecule is O=C(Cc1csc(-c2cc(Br)cs2)n1)NCCNC(=O)c1ccccc1. The van der Waals surface area contributed by atoms with Crippen LogP contribution in [0.4, 0.5) is 0 Å². The quantitative estimate of drug-likeness (QED) is 0.539. The van der Waals surface area contributed by atoms with Crippen LogP contribution >= 0.6 is 38.6 Å². The zero-order chi connectivity index (χ0) is 18.4. The Balaban J connectivity index is 1.41. The van der Waals surface area contributed by atoms with E-state index in [0.29, 0.717) is 18.7 Å². The molecule has 0 spiro atoms. The van der Waals surface area contributed by atoms with Crippen molar-refractivity contribution in [2.45, 2.75) is 6.42 Å². The minimum absolute atomic E-state index is 0.108. The van der Waals surface area contributed by atoms with E-state index in [4.69, 9.17) is 0 Å². The fraction of sp³-hybridized carbons (Fsp3) is 0.167. The average molecular weight is 450 g/mol. The smallest absolute Gasteiger partial charge is 0.251 e. The molecule has 2 N–H and O–H groups in total. The molecular formula is C18H16BrN3O2S2. The number of carbonyl (C=O) groups excluding carboxylic acids is 2. The largest absolute Gasteiger partial charge is 0.354 e. The molecule has 0 radical (unpaired) electrons. The molecule has 5 nitrogen and oxygen atoms in total. The Labute approximate surface area is 167 Å². The van der Waals surface area contributed by atoms with Gasteiger partial charge in [-0.25, -0.2) is 4.98 Å². The summed E-state index contributed by atoms with van der Waals surface area (Å²) in [4.78, 5) is 29.5. The van der Waals surface area contributed by atoms with Crippen LogP contribution in [0.5, 0.6) is 0 Å². The van der Waals surface area contributed by atoms with Gasteiger partial charge in [0.1, 0.15) is 5.01 Å². The van der Waals surface area contributed by atoms with Crippen LogP contribution in [-0.2, 0) is 11.2 Å². The van der Waals surface area contributed by atoms with E-state index in [9.17, 15) is 9.59 Å². The first-order chi connectivity index (χ1) is 12.6. The molecule has 0 saturated carbocycles. The van der Waals surface area contributed by atoms with Crippen molar-refractivity contribution in [3.05, 3.63) is 62.9 Å². The zero-order valence-electron chi connectivity index (χ0n) is 13.7. The van der Waals surface area contributed by atoms with Gasteiger partial charge in [-0.15, -0.1) is 22.7 Å². The molecule has 0 aliphatic heterocycles. The van der Waals surface area contributed by atoms with Crippen LogP contribution in [0.1, 0.15) is 16.1 Å². The number of thiazole rings is 1. The summed E-state index contributed by atoms with van der Waals surface area (Å²) >= 11 is 6.57. The van der Waals surface area contributed by atoms with Crippen LogP contribution < -0.4 is 10.6 Å². The fourth-order valence-electron chi connectivity index (χ4n) is 2.22. The Hall–Kier alpha value is -2.03. The molecule has 2 amide bonds. The Morgan fingerprint density at radius 1 is 1.04 bits per heavy atom. The fourth-order valence-corrected chi connectivity index (χ4v) is 4.55. The summed E-state index contributed by atoms with van der Waals surface area (Å²) in [5.74, 6) is -0.255. The first-order valence-electron chi connectivity index (χ1n) is 7.90. The van der Waals surface area contributed by atoms with Gasteiger partial charge in [0.25, 0.3) is 5.91 Å². The second kappa shape index (κ2) is 9.07. The van der Waals surface area contributed by atoms with E-state index in [1.54, 1.807) is 23.5 Å². The average Bonchev–Trinajstić information content (AvgIpc) is 3.28. The van der Waals surface area contributed by atoms with E-state index >= 15 is 0 Å². The molecule has 0 unspecified atom stereocenters. The van der Waals surface area contributed by atoms with Gasteiger partial charge in [0.2, 0.25) is 5.91 Å². The maximum absolute atomic E-state index is 12.0. The molecule has 0 aliphatic carbocycles. The number of thiophene rings is 1. The molecule has 26 heavy (non-hydrogen) atoms. The van der Waals surface area contributed by atoms with Gasteiger partial charge in [-0.05, 0) is 34.1 Å². The highest BCUT2D eigenvalue weighted by Crippen LogP contribution is 2.31. The van der Waals surface area contributed by atoms with Crippen molar-refractivity contribution < 1.29 is 9.59 Å². The summed E-state index contributed by atoms with van der Waals surface area (Å²) in [5.41, 5.74) is 1.36. The first-order valence-corrected chi connectivity index (χ1v) is 10.5. The number of nitrogens with one attached hydrogen (secondary N) is 2. The van der Waals surface area contributed by atoms with Gasteiger partial charge >= 0.3 is 0 Å². The second-order valence-electron chi connectivity index (χ2n) is 5.42. The van der Waals surface area contributed by atoms with E-state index in [-0.39, 0.29) is 18.2 Å². The molecule has 2 aromatic heterocycles. The Kier molecular flexibility index (Phi) is 6.54. The Morgan fingerprint density at radius 3 is 2.54 bits per heavy atom. The molecule has 2 heterocycles. The molecule has 0 bridgehead atoms. The monoisotopic (exact) mass is 449 g/mol. The normalized spacial score (nSPS) is 10.5. The summed E-state index contributed by atoms with van der Waals surface area (Å²) in [7, 11) is 0. The molecule has 1 aromatic carbocycles. The number of nitrogens with zero attached hydrogens (tertiary/aromatic N) is 1. The lowest BCUT2D eigenvalue weighted by Gasteiger charge is -2.06. The van der Waals surface area contributed by atoms with Crippen molar-refractivity contribution in [2.24, 2.45) is 0 Å². The number of hydrogen-bond donors (Lipinski definition) is 2. The summed E-state index contributed by atoms with van der Waals surface area (Å²) in [6.07, 6.45) is 0.232. The molecule has 3 rings (SSSR count). The van der Waals surface area contributed by atoms with Crippen molar-refractivity contribution in [1.82, 2.24) is 15.6 Å². The van der Waals surface area contributed by atoms with E-state index in [1.807, 2.05) is 35.0 Å². The zero-order valence-corrected chi connectivity index (χ0v) is 16.9. The third-order valence-corrected chi connectivity index (χ3v) is 6.19. The van der Waals surface area contributed by atoms with Crippen molar-refractivity contribution in [3.63, 3.8) is 0 Å². The topological polar surface area (TPSA) is 71.1 Å². The first kappa shape index (κ1) is 18.8. The van der Waals surface area contributed by atoms with Crippen molar-refractivity contribution in [1.29, 1.82) is 0 Å². The lowest BCUT2D eigenvalue weighted by atomic mass is 10.2. The van der Waals surface area contributed by atoms with E-state index in [1.165, 1.54) is 11.3 Å². The van der Waals surface area contributed by atoms with E-state index in [2.05, 4.69) is 31.5 Å². The molecule has 134 valence electrons. The molecule has 3 aromatic rings. The third kappa shape index (κ3) is 5.23. The second-order valence-corrected chi connectivity index (χ2v) is 8.11. The van der Waals surface area contributed by atoms with Crippen LogP contribution in [-0.4, -0.2) is 29.9 Å². The lowest BCUT2D eigenvalue weighted by Crippen LogP contribution is -2.35. The van der Waals surface area contributed by atoms with Gasteiger partial charge in [0.15, 0.2) is 0 Å². The Bertz CT molecular complexity index is 893. The Morgan fingerprint density at radius 2 is 1.81 bits per heavy atom. The van der Waals surface area contributed by atoms with Gasteiger partial charge in [-0.1, -0.05) is 18.2 Å². The van der Waals surface area contributed by atoms with Crippen LogP contribution in [0.15, 0.2) is 51.6 Å². The molecule has 0 aliphatic rings. The number of carbonyl (C=O) groups is 2. The molecule has 0 atom stereocenters. The van der Waals surface area contributed by atoms with Crippen molar-refractivity contribution in [2.75, 3.05) is 13.1 Å². The highest BCUT2D eigenvalue weighted by molar-refractivity contribution is 9.10. The minimum atomic E-state index is -0.147. The van der Waals surface area contributed by atoms with E-state index < -0.39 is 0 Å². The predicted octanol–water partition coefficient (Wildman–Crippen LogP) is 3.72. The highest BCUT2D eigenvalue weighted by atomic mass is 79.9. The van der Waals surface area contributed by atoms with E-state index in [0.717, 1.165) is 20.1 Å². The van der Waals surface area contributed by atoms with Crippen LogP contribution in [0.3, 0.4) is 0 Å². The van der Waals surface area contributed by atoms with Crippen molar-refractivity contribution >= 4 is 50.4 Å². The van der Waals surface area contributed by atoms with Gasteiger partial charge in [0, 0.05) is 33.9 Å². The number of halogens is 1. The molecule has 8 heteroatoms. The number of amides is 2. The highest BCUT2D eigenvalue weighted by Gasteiger charge is 2.10. The maximum atomic E-state index is 12.0. The summed E-state index contributed by atoms with van der Waals surface area (Å²) in [6.45, 7) is 0.761. The molecule has 0 saturated heterocycles. The molecule has 0 fully saturated rings. The maximum Gasteiger partial charge on any atom is 0.251 e.